The third-order valence-corrected chi connectivity index (χ3v) is 5.70. The highest BCUT2D eigenvalue weighted by Gasteiger charge is 2.28. The number of allylic oxidation sites excluding steroid dienone is 1. The van der Waals surface area contributed by atoms with E-state index in [1.54, 1.807) is 0 Å². The van der Waals surface area contributed by atoms with Gasteiger partial charge in [0.1, 0.15) is 0 Å². The fourth-order valence-electron chi connectivity index (χ4n) is 4.38. The molecular weight excluding hydrogens is 332 g/mol. The van der Waals surface area contributed by atoms with Crippen LogP contribution in [0.5, 0.6) is 0 Å². The minimum Gasteiger partial charge on any atom is -0.375 e. The molecule has 0 fully saturated rings. The van der Waals surface area contributed by atoms with Crippen molar-refractivity contribution in [1.29, 1.82) is 0 Å². The average molecular weight is 354 g/mol. The molecule has 1 unspecified atom stereocenters. The van der Waals surface area contributed by atoms with Crippen molar-refractivity contribution < 1.29 is 0 Å². The predicted molar refractivity (Wildman–Crippen MR) is 112 cm³/mol. The molecule has 4 nitrogen and oxygen atoms in total. The number of hydrogen-bond acceptors (Lipinski definition) is 3. The second kappa shape index (κ2) is 6.54. The number of fused-ring (bicyclic) bond motifs is 4. The summed E-state index contributed by atoms with van der Waals surface area (Å²) in [6.07, 6.45) is 16.8. The van der Waals surface area contributed by atoms with Gasteiger partial charge in [-0.05, 0) is 66.2 Å². The van der Waals surface area contributed by atoms with Crippen LogP contribution in [0, 0.1) is 0 Å². The van der Waals surface area contributed by atoms with E-state index in [2.05, 4.69) is 51.4 Å². The molecule has 0 saturated heterocycles. The maximum absolute atomic E-state index is 4.26. The Hall–Kier alpha value is -3.14. The molecule has 1 aliphatic heterocycles. The fraction of sp³-hybridized carbons (Fsp3) is 0.217. The van der Waals surface area contributed by atoms with Crippen LogP contribution in [0.2, 0.25) is 0 Å². The summed E-state index contributed by atoms with van der Waals surface area (Å²) in [5.74, 6) is 0. The van der Waals surface area contributed by atoms with Gasteiger partial charge in [-0.15, -0.1) is 0 Å². The van der Waals surface area contributed by atoms with Crippen molar-refractivity contribution >= 4 is 34.3 Å². The number of pyridine rings is 1. The number of H-pyrrole nitrogens is 1. The van der Waals surface area contributed by atoms with Crippen LogP contribution in [0.25, 0.3) is 28.6 Å². The Bertz CT molecular complexity index is 1090. The van der Waals surface area contributed by atoms with Crippen LogP contribution in [-0.4, -0.2) is 21.2 Å². The van der Waals surface area contributed by atoms with Gasteiger partial charge in [0.15, 0.2) is 0 Å². The van der Waals surface area contributed by atoms with Crippen LogP contribution in [0.15, 0.2) is 55.0 Å². The molecule has 4 heteroatoms. The standard InChI is InChI=1S/C23H22N4/c1-2-15-13-24-12-11-16(15)7-8-20-17-5-3-4-6-18(17)23-19-14-25-27-21(19)9-10-22(23)26-20/h2,7-14,20,26H,1,3-6H2,(H,25,27)/b8-7+. The Balaban J connectivity index is 1.59. The quantitative estimate of drug-likeness (QED) is 0.659. The van der Waals surface area contributed by atoms with E-state index in [0.717, 1.165) is 29.5 Å². The Morgan fingerprint density at radius 2 is 2.00 bits per heavy atom. The lowest BCUT2D eigenvalue weighted by Crippen LogP contribution is -2.27. The lowest BCUT2D eigenvalue weighted by atomic mass is 9.79. The smallest absolute Gasteiger partial charge is 0.0667 e. The number of rotatable bonds is 3. The number of nitrogens with one attached hydrogen (secondary N) is 2. The molecule has 5 rings (SSSR count). The number of nitrogens with zero attached hydrogens (tertiary/aromatic N) is 2. The summed E-state index contributed by atoms with van der Waals surface area (Å²) in [6, 6.07) is 6.55. The normalized spacial score (nSPS) is 19.0. The van der Waals surface area contributed by atoms with E-state index in [9.17, 15) is 0 Å². The third-order valence-electron chi connectivity index (χ3n) is 5.70. The summed E-state index contributed by atoms with van der Waals surface area (Å²) in [5.41, 5.74) is 8.89. The minimum absolute atomic E-state index is 0.225. The van der Waals surface area contributed by atoms with Crippen LogP contribution in [0.4, 0.5) is 5.69 Å². The highest BCUT2D eigenvalue weighted by atomic mass is 15.1. The van der Waals surface area contributed by atoms with Gasteiger partial charge in [-0.25, -0.2) is 0 Å². The van der Waals surface area contributed by atoms with E-state index in [1.165, 1.54) is 40.6 Å². The number of aromatic nitrogens is 3. The Kier molecular flexibility index (Phi) is 3.89. The van der Waals surface area contributed by atoms with Crippen molar-refractivity contribution in [2.24, 2.45) is 0 Å². The average Bonchev–Trinajstić information content (AvgIpc) is 3.21. The first-order valence-corrected chi connectivity index (χ1v) is 9.54. The van der Waals surface area contributed by atoms with Gasteiger partial charge < -0.3 is 5.32 Å². The first-order valence-electron chi connectivity index (χ1n) is 9.54. The summed E-state index contributed by atoms with van der Waals surface area (Å²) in [6.45, 7) is 3.90. The molecule has 2 aromatic heterocycles. The molecule has 2 N–H and O–H groups in total. The lowest BCUT2D eigenvalue weighted by Gasteiger charge is -2.34. The van der Waals surface area contributed by atoms with Gasteiger partial charge in [-0.2, -0.15) is 5.10 Å². The summed E-state index contributed by atoms with van der Waals surface area (Å²) in [4.78, 5) is 4.19. The molecule has 134 valence electrons. The maximum atomic E-state index is 4.26. The molecule has 1 aliphatic carbocycles. The van der Waals surface area contributed by atoms with E-state index in [4.69, 9.17) is 0 Å². The van der Waals surface area contributed by atoms with Crippen molar-refractivity contribution in [2.75, 3.05) is 5.32 Å². The van der Waals surface area contributed by atoms with E-state index in [-0.39, 0.29) is 6.04 Å². The molecule has 0 radical (unpaired) electrons. The van der Waals surface area contributed by atoms with E-state index >= 15 is 0 Å². The van der Waals surface area contributed by atoms with Crippen LogP contribution in [-0.2, 0) is 0 Å². The van der Waals surface area contributed by atoms with Crippen molar-refractivity contribution in [3.05, 3.63) is 71.7 Å². The molecule has 0 bridgehead atoms. The molecule has 0 amide bonds. The molecule has 0 spiro atoms. The fourth-order valence-corrected chi connectivity index (χ4v) is 4.38. The van der Waals surface area contributed by atoms with Gasteiger partial charge >= 0.3 is 0 Å². The van der Waals surface area contributed by atoms with E-state index in [0.29, 0.717) is 0 Å². The number of hydrogen-bond donors (Lipinski definition) is 2. The van der Waals surface area contributed by atoms with Gasteiger partial charge in [0.25, 0.3) is 0 Å². The first-order chi connectivity index (χ1) is 13.3. The van der Waals surface area contributed by atoms with Crippen molar-refractivity contribution in [3.63, 3.8) is 0 Å². The zero-order valence-electron chi connectivity index (χ0n) is 15.2. The third kappa shape index (κ3) is 2.69. The highest BCUT2D eigenvalue weighted by molar-refractivity contribution is 6.00. The SMILES string of the molecule is C=Cc1cnccc1/C=C/C1Nc2ccc3[nH]ncc3c2C2=C1CCCC2. The Morgan fingerprint density at radius 3 is 2.93 bits per heavy atom. The molecule has 0 saturated carbocycles. The summed E-state index contributed by atoms with van der Waals surface area (Å²) in [7, 11) is 0. The largest absolute Gasteiger partial charge is 0.375 e. The highest BCUT2D eigenvalue weighted by Crippen LogP contribution is 2.44. The Morgan fingerprint density at radius 1 is 1.07 bits per heavy atom. The minimum atomic E-state index is 0.225. The molecule has 1 atom stereocenters. The van der Waals surface area contributed by atoms with Gasteiger partial charge in [0, 0.05) is 29.0 Å². The van der Waals surface area contributed by atoms with Crippen LogP contribution in [0.1, 0.15) is 42.4 Å². The Labute approximate surface area is 158 Å². The molecule has 3 aromatic rings. The second-order valence-corrected chi connectivity index (χ2v) is 7.22. The monoisotopic (exact) mass is 354 g/mol. The zero-order valence-corrected chi connectivity index (χ0v) is 15.2. The maximum Gasteiger partial charge on any atom is 0.0667 e. The summed E-state index contributed by atoms with van der Waals surface area (Å²) in [5, 5.41) is 12.3. The van der Waals surface area contributed by atoms with Crippen molar-refractivity contribution in [2.45, 2.75) is 31.7 Å². The molecule has 2 aliphatic rings. The van der Waals surface area contributed by atoms with Crippen molar-refractivity contribution in [1.82, 2.24) is 15.2 Å². The predicted octanol–water partition coefficient (Wildman–Crippen LogP) is 5.44. The van der Waals surface area contributed by atoms with Crippen molar-refractivity contribution in [3.8, 4) is 0 Å². The van der Waals surface area contributed by atoms with Gasteiger partial charge in [0.05, 0.1) is 17.8 Å². The topological polar surface area (TPSA) is 53.6 Å². The zero-order chi connectivity index (χ0) is 18.2. The van der Waals surface area contributed by atoms with Gasteiger partial charge in [-0.3, -0.25) is 10.1 Å². The molecule has 1 aromatic carbocycles. The van der Waals surface area contributed by atoms with Crippen LogP contribution in [0.3, 0.4) is 0 Å². The molecule has 3 heterocycles. The molecular formula is C23H22N4. The van der Waals surface area contributed by atoms with Crippen LogP contribution < -0.4 is 5.32 Å². The first kappa shape index (κ1) is 16.1. The number of aromatic amines is 1. The summed E-state index contributed by atoms with van der Waals surface area (Å²) < 4.78 is 0. The van der Waals surface area contributed by atoms with E-state index < -0.39 is 0 Å². The summed E-state index contributed by atoms with van der Waals surface area (Å²) >= 11 is 0. The number of benzene rings is 1. The number of anilines is 1. The van der Waals surface area contributed by atoms with E-state index in [1.807, 2.05) is 30.7 Å². The van der Waals surface area contributed by atoms with Gasteiger partial charge in [-0.1, -0.05) is 24.8 Å². The van der Waals surface area contributed by atoms with Crippen LogP contribution >= 0.6 is 0 Å². The molecule has 27 heavy (non-hydrogen) atoms. The lowest BCUT2D eigenvalue weighted by molar-refractivity contribution is 0.686. The second-order valence-electron chi connectivity index (χ2n) is 7.22. The van der Waals surface area contributed by atoms with Gasteiger partial charge in [0.2, 0.25) is 0 Å².